The number of aliphatic imine (C=N–C) groups is 1. The second kappa shape index (κ2) is 8.86. The van der Waals surface area contributed by atoms with Crippen LogP contribution in [0.2, 0.25) is 0 Å². The molecule has 1 fully saturated rings. The van der Waals surface area contributed by atoms with Gasteiger partial charge in [0.05, 0.1) is 16.6 Å². The minimum Gasteiger partial charge on any atom is -0.294 e. The van der Waals surface area contributed by atoms with Crippen molar-refractivity contribution in [2.24, 2.45) is 4.99 Å². The van der Waals surface area contributed by atoms with Crippen LogP contribution in [-0.2, 0) is 4.79 Å². The molecule has 0 radical (unpaired) electrons. The van der Waals surface area contributed by atoms with E-state index in [9.17, 15) is 14.0 Å². The van der Waals surface area contributed by atoms with E-state index < -0.39 is 11.1 Å². The van der Waals surface area contributed by atoms with Gasteiger partial charge in [-0.1, -0.05) is 36.0 Å². The van der Waals surface area contributed by atoms with Crippen LogP contribution in [0.5, 0.6) is 0 Å². The van der Waals surface area contributed by atoms with E-state index in [1.54, 1.807) is 4.90 Å². The smallest absolute Gasteiger partial charge is 0.247 e. The number of amidine groups is 1. The minimum absolute atomic E-state index is 0.0181. The molecule has 3 aromatic rings. The Hall–Kier alpha value is -3.25. The summed E-state index contributed by atoms with van der Waals surface area (Å²) in [6.45, 7) is 3.95. The maximum absolute atomic E-state index is 13.3. The number of thioether (sulfide) groups is 1. The van der Waals surface area contributed by atoms with Gasteiger partial charge in [0.2, 0.25) is 5.91 Å². The highest BCUT2D eigenvalue weighted by Crippen LogP contribution is 2.36. The van der Waals surface area contributed by atoms with Gasteiger partial charge in [-0.05, 0) is 73.5 Å². The van der Waals surface area contributed by atoms with Gasteiger partial charge in [0.25, 0.3) is 0 Å². The molecule has 0 N–H and O–H groups in total. The van der Waals surface area contributed by atoms with E-state index in [1.165, 1.54) is 36.0 Å². The molecular weight excluding hydrogens is 411 g/mol. The van der Waals surface area contributed by atoms with E-state index in [0.29, 0.717) is 10.7 Å². The number of aryl methyl sites for hydroxylation is 2. The second-order valence-electron chi connectivity index (χ2n) is 7.49. The monoisotopic (exact) mass is 432 g/mol. The molecule has 31 heavy (non-hydrogen) atoms. The molecule has 1 heterocycles. The maximum atomic E-state index is 13.3. The summed E-state index contributed by atoms with van der Waals surface area (Å²) in [7, 11) is 0. The van der Waals surface area contributed by atoms with Crippen LogP contribution in [0.25, 0.3) is 0 Å². The van der Waals surface area contributed by atoms with Crippen LogP contribution in [0.4, 0.5) is 15.8 Å². The van der Waals surface area contributed by atoms with E-state index >= 15 is 0 Å². The van der Waals surface area contributed by atoms with Crippen molar-refractivity contribution in [1.29, 1.82) is 0 Å². The fourth-order valence-corrected chi connectivity index (χ4v) is 4.56. The third-order valence-corrected chi connectivity index (χ3v) is 6.10. The van der Waals surface area contributed by atoms with Gasteiger partial charge in [-0.15, -0.1) is 0 Å². The average Bonchev–Trinajstić information content (AvgIpc) is 3.03. The first-order valence-corrected chi connectivity index (χ1v) is 10.8. The zero-order valence-electron chi connectivity index (χ0n) is 17.2. The fraction of sp³-hybridized carbons (Fsp3) is 0.160. The molecule has 1 unspecified atom stereocenters. The lowest BCUT2D eigenvalue weighted by Gasteiger charge is -2.17. The molecule has 0 spiro atoms. The third kappa shape index (κ3) is 4.75. The molecule has 6 heteroatoms. The van der Waals surface area contributed by atoms with Crippen LogP contribution < -0.4 is 4.90 Å². The predicted octanol–water partition coefficient (Wildman–Crippen LogP) is 5.85. The summed E-state index contributed by atoms with van der Waals surface area (Å²) in [6, 6.07) is 20.8. The van der Waals surface area contributed by atoms with E-state index in [0.717, 1.165) is 22.5 Å². The van der Waals surface area contributed by atoms with Crippen molar-refractivity contribution >= 4 is 40.0 Å². The summed E-state index contributed by atoms with van der Waals surface area (Å²) in [5, 5.41) is -0.0558. The number of ketones is 1. The molecule has 1 aliphatic heterocycles. The molecule has 1 atom stereocenters. The Labute approximate surface area is 184 Å². The van der Waals surface area contributed by atoms with Crippen molar-refractivity contribution in [2.75, 3.05) is 4.90 Å². The van der Waals surface area contributed by atoms with Gasteiger partial charge < -0.3 is 0 Å². The SMILES string of the molecule is Cc1cccc(N=C2SC(CC(=O)c3ccc(F)cc3)C(=O)N2c2cccc(C)c2)c1. The number of amides is 1. The predicted molar refractivity (Wildman–Crippen MR) is 124 cm³/mol. The molecule has 1 saturated heterocycles. The first-order chi connectivity index (χ1) is 14.9. The summed E-state index contributed by atoms with van der Waals surface area (Å²) in [5.74, 6) is -0.787. The number of carbonyl (C=O) groups is 2. The van der Waals surface area contributed by atoms with Crippen molar-refractivity contribution < 1.29 is 14.0 Å². The van der Waals surface area contributed by atoms with E-state index in [1.807, 2.05) is 62.4 Å². The van der Waals surface area contributed by atoms with Crippen molar-refractivity contribution in [3.8, 4) is 0 Å². The second-order valence-corrected chi connectivity index (χ2v) is 8.66. The Morgan fingerprint density at radius 1 is 1.00 bits per heavy atom. The lowest BCUT2D eigenvalue weighted by molar-refractivity contribution is -0.116. The number of anilines is 1. The van der Waals surface area contributed by atoms with E-state index in [4.69, 9.17) is 4.99 Å². The zero-order valence-corrected chi connectivity index (χ0v) is 18.0. The normalized spacial score (nSPS) is 17.4. The van der Waals surface area contributed by atoms with Crippen molar-refractivity contribution in [1.82, 2.24) is 0 Å². The van der Waals surface area contributed by atoms with Gasteiger partial charge in [-0.2, -0.15) is 0 Å². The Morgan fingerprint density at radius 3 is 2.35 bits per heavy atom. The summed E-state index contributed by atoms with van der Waals surface area (Å²) < 4.78 is 13.2. The van der Waals surface area contributed by atoms with Crippen molar-refractivity contribution in [3.05, 3.63) is 95.3 Å². The molecule has 156 valence electrons. The van der Waals surface area contributed by atoms with Gasteiger partial charge >= 0.3 is 0 Å². The molecule has 0 bridgehead atoms. The van der Waals surface area contributed by atoms with E-state index in [-0.39, 0.29) is 18.1 Å². The van der Waals surface area contributed by atoms with Crippen LogP contribution >= 0.6 is 11.8 Å². The molecule has 3 aromatic carbocycles. The highest BCUT2D eigenvalue weighted by Gasteiger charge is 2.40. The number of Topliss-reactive ketones (excluding diaryl/α,β-unsaturated/α-hetero) is 1. The quantitative estimate of drug-likeness (QED) is 0.475. The number of carbonyl (C=O) groups excluding carboxylic acids is 2. The van der Waals surface area contributed by atoms with Gasteiger partial charge in [0.15, 0.2) is 11.0 Å². The van der Waals surface area contributed by atoms with Crippen LogP contribution in [0.15, 0.2) is 77.8 Å². The first-order valence-electron chi connectivity index (χ1n) is 9.92. The van der Waals surface area contributed by atoms with Gasteiger partial charge in [-0.25, -0.2) is 9.38 Å². The molecule has 0 aliphatic carbocycles. The Morgan fingerprint density at radius 2 is 1.68 bits per heavy atom. The van der Waals surface area contributed by atoms with Crippen molar-refractivity contribution in [3.63, 3.8) is 0 Å². The van der Waals surface area contributed by atoms with Gasteiger partial charge in [-0.3, -0.25) is 14.5 Å². The number of hydrogen-bond acceptors (Lipinski definition) is 4. The van der Waals surface area contributed by atoms with Crippen molar-refractivity contribution in [2.45, 2.75) is 25.5 Å². The van der Waals surface area contributed by atoms with Gasteiger partial charge in [0.1, 0.15) is 5.82 Å². The standard InChI is InChI=1S/C25H21FN2O2S/c1-16-5-3-7-20(13-16)27-25-28(21-8-4-6-17(2)14-21)24(30)23(31-25)15-22(29)18-9-11-19(26)12-10-18/h3-14,23H,15H2,1-2H3. The van der Waals surface area contributed by atoms with Crippen LogP contribution in [0.1, 0.15) is 27.9 Å². The Kier molecular flexibility index (Phi) is 6.00. The maximum Gasteiger partial charge on any atom is 0.247 e. The van der Waals surface area contributed by atoms with E-state index in [2.05, 4.69) is 0 Å². The number of halogens is 1. The summed E-state index contributed by atoms with van der Waals surface area (Å²) in [4.78, 5) is 32.3. The topological polar surface area (TPSA) is 49.7 Å². The highest BCUT2D eigenvalue weighted by molar-refractivity contribution is 8.16. The summed E-state index contributed by atoms with van der Waals surface area (Å²) in [6.07, 6.45) is 0.0181. The summed E-state index contributed by atoms with van der Waals surface area (Å²) >= 11 is 1.29. The Balaban J connectivity index is 1.66. The first kappa shape index (κ1) is 21.0. The lowest BCUT2D eigenvalue weighted by atomic mass is 10.1. The average molecular weight is 433 g/mol. The van der Waals surface area contributed by atoms with Crippen LogP contribution in [0, 0.1) is 19.7 Å². The van der Waals surface area contributed by atoms with Crippen LogP contribution in [-0.4, -0.2) is 22.1 Å². The lowest BCUT2D eigenvalue weighted by Crippen LogP contribution is -2.32. The molecule has 0 saturated carbocycles. The molecule has 1 aliphatic rings. The molecule has 4 rings (SSSR count). The summed E-state index contributed by atoms with van der Waals surface area (Å²) in [5.41, 5.74) is 3.96. The number of hydrogen-bond donors (Lipinski definition) is 0. The van der Waals surface area contributed by atoms with Crippen LogP contribution in [0.3, 0.4) is 0 Å². The minimum atomic E-state index is -0.596. The van der Waals surface area contributed by atoms with Gasteiger partial charge in [0, 0.05) is 12.0 Å². The molecular formula is C25H21FN2O2S. The molecule has 0 aromatic heterocycles. The number of benzene rings is 3. The Bertz CT molecular complexity index is 1170. The highest BCUT2D eigenvalue weighted by atomic mass is 32.2. The molecule has 1 amide bonds. The zero-order chi connectivity index (χ0) is 22.0. The largest absolute Gasteiger partial charge is 0.294 e. The number of rotatable bonds is 5. The molecule has 4 nitrogen and oxygen atoms in total. The fourth-order valence-electron chi connectivity index (χ4n) is 3.41. The number of nitrogens with zero attached hydrogens (tertiary/aromatic N) is 2. The third-order valence-electron chi connectivity index (χ3n) is 4.96.